The lowest BCUT2D eigenvalue weighted by Crippen LogP contribution is -2.25. The van der Waals surface area contributed by atoms with Crippen LogP contribution in [0.15, 0.2) is 18.2 Å². The zero-order valence-corrected chi connectivity index (χ0v) is 9.66. The average molecular weight is 229 g/mol. The van der Waals surface area contributed by atoms with Gasteiger partial charge in [-0.1, -0.05) is 23.7 Å². The summed E-state index contributed by atoms with van der Waals surface area (Å²) >= 11 is 7.83. The summed E-state index contributed by atoms with van der Waals surface area (Å²) in [6.45, 7) is 1.97. The molecule has 3 heteroatoms. The van der Waals surface area contributed by atoms with Crippen LogP contribution < -0.4 is 0 Å². The van der Waals surface area contributed by atoms with Gasteiger partial charge in [0, 0.05) is 10.8 Å². The van der Waals surface area contributed by atoms with E-state index in [-0.39, 0.29) is 0 Å². The predicted molar refractivity (Wildman–Crippen MR) is 62.0 cm³/mol. The molecule has 76 valence electrons. The number of rotatable bonds is 1. The fraction of sp³-hybridized carbons (Fsp3) is 0.455. The molecule has 1 N–H and O–H groups in total. The molecule has 1 aliphatic heterocycles. The van der Waals surface area contributed by atoms with Crippen molar-refractivity contribution in [1.82, 2.24) is 0 Å². The molecule has 1 aliphatic rings. The van der Waals surface area contributed by atoms with E-state index in [0.29, 0.717) is 0 Å². The van der Waals surface area contributed by atoms with Gasteiger partial charge >= 0.3 is 0 Å². The van der Waals surface area contributed by atoms with Crippen LogP contribution in [0.25, 0.3) is 0 Å². The highest BCUT2D eigenvalue weighted by Gasteiger charge is 2.34. The minimum absolute atomic E-state index is 0.653. The molecule has 0 aliphatic carbocycles. The van der Waals surface area contributed by atoms with Gasteiger partial charge in [0.25, 0.3) is 0 Å². The lowest BCUT2D eigenvalue weighted by atomic mass is 9.90. The molecule has 0 bridgehead atoms. The lowest BCUT2D eigenvalue weighted by molar-refractivity contribution is 0.0651. The Kier molecular flexibility index (Phi) is 2.78. The highest BCUT2D eigenvalue weighted by Crippen LogP contribution is 2.39. The standard InChI is InChI=1S/C11H13ClOS/c1-8-9(3-2-4-10(8)12)11(13)5-6-14-7-11/h2-4,13H,5-7H2,1H3. The fourth-order valence-electron chi connectivity index (χ4n) is 1.88. The Morgan fingerprint density at radius 2 is 2.29 bits per heavy atom. The summed E-state index contributed by atoms with van der Waals surface area (Å²) in [5.41, 5.74) is 1.36. The van der Waals surface area contributed by atoms with Crippen LogP contribution in [0, 0.1) is 6.92 Å². The maximum absolute atomic E-state index is 10.4. The SMILES string of the molecule is Cc1c(Cl)cccc1C1(O)CCSC1. The number of thioether (sulfide) groups is 1. The molecule has 1 nitrogen and oxygen atoms in total. The van der Waals surface area contributed by atoms with Crippen LogP contribution in [0.3, 0.4) is 0 Å². The molecule has 1 saturated heterocycles. The minimum atomic E-state index is -0.653. The van der Waals surface area contributed by atoms with Gasteiger partial charge in [-0.2, -0.15) is 11.8 Å². The Bertz CT molecular complexity index is 345. The molecule has 0 amide bonds. The van der Waals surface area contributed by atoms with Crippen LogP contribution in [0.4, 0.5) is 0 Å². The maximum atomic E-state index is 10.4. The highest BCUT2D eigenvalue weighted by atomic mass is 35.5. The third-order valence-electron chi connectivity index (χ3n) is 2.77. The van der Waals surface area contributed by atoms with Crippen LogP contribution in [0.1, 0.15) is 17.5 Å². The van der Waals surface area contributed by atoms with Crippen molar-refractivity contribution in [2.75, 3.05) is 11.5 Å². The number of benzene rings is 1. The molecule has 1 atom stereocenters. The van der Waals surface area contributed by atoms with Crippen molar-refractivity contribution < 1.29 is 5.11 Å². The highest BCUT2D eigenvalue weighted by molar-refractivity contribution is 7.99. The Hall–Kier alpha value is -0.180. The van der Waals surface area contributed by atoms with Gasteiger partial charge in [0.05, 0.1) is 5.60 Å². The first-order valence-corrected chi connectivity index (χ1v) is 6.22. The van der Waals surface area contributed by atoms with E-state index in [2.05, 4.69) is 0 Å². The Morgan fingerprint density at radius 1 is 1.50 bits per heavy atom. The third kappa shape index (κ3) is 1.67. The van der Waals surface area contributed by atoms with Gasteiger partial charge in [-0.25, -0.2) is 0 Å². The summed E-state index contributed by atoms with van der Waals surface area (Å²) in [5.74, 6) is 1.82. The Balaban J connectivity index is 2.45. The fourth-order valence-corrected chi connectivity index (χ4v) is 3.32. The van der Waals surface area contributed by atoms with Gasteiger partial charge in [-0.3, -0.25) is 0 Å². The average Bonchev–Trinajstić information content (AvgIpc) is 2.58. The predicted octanol–water partition coefficient (Wildman–Crippen LogP) is 2.97. The Labute approximate surface area is 93.5 Å². The molecule has 1 aromatic carbocycles. The largest absolute Gasteiger partial charge is 0.384 e. The van der Waals surface area contributed by atoms with Gasteiger partial charge in [-0.15, -0.1) is 0 Å². The number of hydrogen-bond acceptors (Lipinski definition) is 2. The second-order valence-electron chi connectivity index (χ2n) is 3.75. The topological polar surface area (TPSA) is 20.2 Å². The Morgan fingerprint density at radius 3 is 2.93 bits per heavy atom. The monoisotopic (exact) mass is 228 g/mol. The summed E-state index contributed by atoms with van der Waals surface area (Å²) in [6.07, 6.45) is 0.832. The number of halogens is 1. The van der Waals surface area contributed by atoms with E-state index < -0.39 is 5.60 Å². The van der Waals surface area contributed by atoms with Crippen molar-refractivity contribution in [3.8, 4) is 0 Å². The number of aliphatic hydroxyl groups is 1. The van der Waals surface area contributed by atoms with Gasteiger partial charge in [-0.05, 0) is 36.3 Å². The molecule has 0 aromatic heterocycles. The van der Waals surface area contributed by atoms with Crippen molar-refractivity contribution in [2.24, 2.45) is 0 Å². The van der Waals surface area contributed by atoms with E-state index in [1.807, 2.05) is 25.1 Å². The molecule has 0 spiro atoms. The van der Waals surface area contributed by atoms with Crippen LogP contribution in [0.5, 0.6) is 0 Å². The zero-order chi connectivity index (χ0) is 10.2. The molecule has 1 fully saturated rings. The van der Waals surface area contributed by atoms with Crippen molar-refractivity contribution >= 4 is 23.4 Å². The van der Waals surface area contributed by atoms with E-state index in [1.54, 1.807) is 11.8 Å². The quantitative estimate of drug-likeness (QED) is 0.798. The molecule has 14 heavy (non-hydrogen) atoms. The molecule has 0 radical (unpaired) electrons. The summed E-state index contributed by atoms with van der Waals surface area (Å²) in [5, 5.41) is 11.1. The number of hydrogen-bond donors (Lipinski definition) is 1. The lowest BCUT2D eigenvalue weighted by Gasteiger charge is -2.24. The zero-order valence-electron chi connectivity index (χ0n) is 8.09. The van der Waals surface area contributed by atoms with Crippen molar-refractivity contribution in [1.29, 1.82) is 0 Å². The second kappa shape index (κ2) is 3.76. The first-order chi connectivity index (χ1) is 6.63. The molecule has 0 saturated carbocycles. The molecule has 1 heterocycles. The normalized spacial score (nSPS) is 26.8. The van der Waals surface area contributed by atoms with Crippen LogP contribution in [-0.2, 0) is 5.60 Å². The molecule has 1 unspecified atom stereocenters. The van der Waals surface area contributed by atoms with Crippen LogP contribution in [-0.4, -0.2) is 16.6 Å². The van der Waals surface area contributed by atoms with E-state index in [1.165, 1.54) is 0 Å². The molecular formula is C11H13ClOS. The minimum Gasteiger partial charge on any atom is -0.384 e. The summed E-state index contributed by atoms with van der Waals surface area (Å²) in [6, 6.07) is 5.75. The third-order valence-corrected chi connectivity index (χ3v) is 4.35. The summed E-state index contributed by atoms with van der Waals surface area (Å²) in [7, 11) is 0. The van der Waals surface area contributed by atoms with Crippen molar-refractivity contribution in [3.05, 3.63) is 34.3 Å². The maximum Gasteiger partial charge on any atom is 0.0997 e. The molecular weight excluding hydrogens is 216 g/mol. The van der Waals surface area contributed by atoms with E-state index in [0.717, 1.165) is 34.1 Å². The molecule has 1 aromatic rings. The van der Waals surface area contributed by atoms with Crippen LogP contribution in [0.2, 0.25) is 5.02 Å². The molecule has 2 rings (SSSR count). The first kappa shape index (κ1) is 10.3. The second-order valence-corrected chi connectivity index (χ2v) is 5.26. The van der Waals surface area contributed by atoms with Crippen molar-refractivity contribution in [3.63, 3.8) is 0 Å². The summed E-state index contributed by atoms with van der Waals surface area (Å²) < 4.78 is 0. The van der Waals surface area contributed by atoms with Gasteiger partial charge in [0.15, 0.2) is 0 Å². The van der Waals surface area contributed by atoms with E-state index in [4.69, 9.17) is 11.6 Å². The smallest absolute Gasteiger partial charge is 0.0997 e. The van der Waals surface area contributed by atoms with Gasteiger partial charge in [0.2, 0.25) is 0 Å². The van der Waals surface area contributed by atoms with E-state index >= 15 is 0 Å². The van der Waals surface area contributed by atoms with Crippen LogP contribution >= 0.6 is 23.4 Å². The van der Waals surface area contributed by atoms with Gasteiger partial charge < -0.3 is 5.11 Å². The van der Waals surface area contributed by atoms with Gasteiger partial charge in [0.1, 0.15) is 0 Å². The first-order valence-electron chi connectivity index (χ1n) is 4.69. The van der Waals surface area contributed by atoms with Crippen molar-refractivity contribution in [2.45, 2.75) is 18.9 Å². The van der Waals surface area contributed by atoms with E-state index in [9.17, 15) is 5.11 Å². The summed E-state index contributed by atoms with van der Waals surface area (Å²) in [4.78, 5) is 0.